The number of rotatable bonds is 5. The fourth-order valence-electron chi connectivity index (χ4n) is 5.61. The normalized spacial score (nSPS) is 20.1. The van der Waals surface area contributed by atoms with Gasteiger partial charge in [-0.2, -0.15) is 0 Å². The number of carbonyl (C=O) groups is 1. The second kappa shape index (κ2) is 11.4. The molecule has 0 aliphatic carbocycles. The number of hydrogen-bond donors (Lipinski definition) is 3. The zero-order valence-corrected chi connectivity index (χ0v) is 22.0. The number of aliphatic hydroxyl groups excluding tert-OH is 1. The smallest absolute Gasteiger partial charge is 0.258 e. The van der Waals surface area contributed by atoms with E-state index in [2.05, 4.69) is 17.2 Å². The van der Waals surface area contributed by atoms with E-state index >= 15 is 13.2 Å². The van der Waals surface area contributed by atoms with E-state index < -0.39 is 52.0 Å². The molecule has 1 amide bonds. The summed E-state index contributed by atoms with van der Waals surface area (Å²) in [6.07, 6.45) is 4.24. The van der Waals surface area contributed by atoms with E-state index in [1.807, 2.05) is 4.90 Å². The first kappa shape index (κ1) is 27.9. The number of piperidine rings is 2. The van der Waals surface area contributed by atoms with Crippen molar-refractivity contribution in [2.75, 3.05) is 41.3 Å². The van der Waals surface area contributed by atoms with Crippen molar-refractivity contribution in [1.29, 1.82) is 0 Å². The van der Waals surface area contributed by atoms with Crippen LogP contribution in [-0.4, -0.2) is 54.3 Å². The molecule has 0 bridgehead atoms. The zero-order chi connectivity index (χ0) is 28.6. The first-order valence-electron chi connectivity index (χ1n) is 13.3. The second-order valence-corrected chi connectivity index (χ2v) is 10.6. The molecular weight excluding hydrogens is 526 g/mol. The van der Waals surface area contributed by atoms with Gasteiger partial charge >= 0.3 is 0 Å². The molecule has 0 unspecified atom stereocenters. The van der Waals surface area contributed by atoms with Gasteiger partial charge in [0.1, 0.15) is 23.3 Å². The molecule has 1 aromatic heterocycles. The molecule has 0 radical (unpaired) electrons. The van der Waals surface area contributed by atoms with Crippen molar-refractivity contribution in [3.63, 3.8) is 0 Å². The molecule has 0 saturated carbocycles. The Labute approximate surface area is 229 Å². The number of carbonyl (C=O) groups excluding carboxylic acids is 1. The average molecular weight is 558 g/mol. The van der Waals surface area contributed by atoms with E-state index in [9.17, 15) is 14.3 Å². The van der Waals surface area contributed by atoms with Gasteiger partial charge in [-0.3, -0.25) is 9.78 Å². The Bertz CT molecular complexity index is 1380. The van der Waals surface area contributed by atoms with E-state index in [0.29, 0.717) is 56.3 Å². The maximum absolute atomic E-state index is 15.7. The molecule has 40 heavy (non-hydrogen) atoms. The lowest BCUT2D eigenvalue weighted by Gasteiger charge is -2.37. The van der Waals surface area contributed by atoms with Crippen LogP contribution in [0.3, 0.4) is 0 Å². The Hall–Kier alpha value is -3.70. The summed E-state index contributed by atoms with van der Waals surface area (Å²) in [7, 11) is 0. The summed E-state index contributed by atoms with van der Waals surface area (Å²) in [5, 5.41) is 12.3. The van der Waals surface area contributed by atoms with Crippen LogP contribution in [0.4, 0.5) is 34.6 Å². The van der Waals surface area contributed by atoms with Crippen molar-refractivity contribution >= 4 is 23.0 Å². The monoisotopic (exact) mass is 557 g/mol. The van der Waals surface area contributed by atoms with Crippen LogP contribution in [-0.2, 0) is 0 Å². The fourth-order valence-corrected chi connectivity index (χ4v) is 5.61. The second-order valence-electron chi connectivity index (χ2n) is 10.6. The Morgan fingerprint density at radius 3 is 2.38 bits per heavy atom. The first-order chi connectivity index (χ1) is 19.1. The third-order valence-electron chi connectivity index (χ3n) is 7.52. The number of anilines is 3. The van der Waals surface area contributed by atoms with Crippen LogP contribution in [0, 0.1) is 29.2 Å². The molecule has 7 nitrogen and oxygen atoms in total. The van der Waals surface area contributed by atoms with Gasteiger partial charge in [-0.1, -0.05) is 6.92 Å². The SMILES string of the molecule is C[C@@H]1C[C@H](N)CN(c2ccncc2NC(=O)c2ccc(F)c(-c3c(F)cc(N4CCC(O)CC4)cc3F)c2F)C1. The molecule has 2 aromatic carbocycles. The predicted octanol–water partition coefficient (Wildman–Crippen LogP) is 4.69. The topological polar surface area (TPSA) is 94.7 Å². The summed E-state index contributed by atoms with van der Waals surface area (Å²) < 4.78 is 61.0. The van der Waals surface area contributed by atoms with Gasteiger partial charge in [-0.25, -0.2) is 17.6 Å². The van der Waals surface area contributed by atoms with Gasteiger partial charge < -0.3 is 26.0 Å². The summed E-state index contributed by atoms with van der Waals surface area (Å²) in [5.74, 6) is -5.53. The third kappa shape index (κ3) is 5.62. The van der Waals surface area contributed by atoms with Crippen LogP contribution in [0.15, 0.2) is 42.7 Å². The molecule has 2 aliphatic heterocycles. The Balaban J connectivity index is 1.45. The lowest BCUT2D eigenvalue weighted by molar-refractivity contribution is 0.102. The van der Waals surface area contributed by atoms with Crippen molar-refractivity contribution in [3.8, 4) is 11.1 Å². The quantitative estimate of drug-likeness (QED) is 0.394. The van der Waals surface area contributed by atoms with Crippen LogP contribution >= 0.6 is 0 Å². The largest absolute Gasteiger partial charge is 0.393 e. The third-order valence-corrected chi connectivity index (χ3v) is 7.52. The average Bonchev–Trinajstić information content (AvgIpc) is 2.90. The highest BCUT2D eigenvalue weighted by Crippen LogP contribution is 2.36. The lowest BCUT2D eigenvalue weighted by atomic mass is 9.96. The van der Waals surface area contributed by atoms with Gasteiger partial charge in [0.2, 0.25) is 0 Å². The Morgan fingerprint density at radius 1 is 1.00 bits per heavy atom. The number of nitrogens with zero attached hydrogens (tertiary/aromatic N) is 3. The summed E-state index contributed by atoms with van der Waals surface area (Å²) in [6, 6.07) is 5.41. The summed E-state index contributed by atoms with van der Waals surface area (Å²) in [6.45, 7) is 4.09. The van der Waals surface area contributed by atoms with Gasteiger partial charge in [-0.05, 0) is 55.5 Å². The van der Waals surface area contributed by atoms with Crippen molar-refractivity contribution in [3.05, 3.63) is 71.6 Å². The molecule has 11 heteroatoms. The molecular formula is C29H31F4N5O2. The van der Waals surface area contributed by atoms with E-state index in [4.69, 9.17) is 5.73 Å². The van der Waals surface area contributed by atoms with Gasteiger partial charge in [0, 0.05) is 44.1 Å². The van der Waals surface area contributed by atoms with E-state index in [1.54, 1.807) is 17.2 Å². The molecule has 0 spiro atoms. The van der Waals surface area contributed by atoms with Gasteiger partial charge in [-0.15, -0.1) is 0 Å². The van der Waals surface area contributed by atoms with E-state index in [0.717, 1.165) is 30.7 Å². The number of halogens is 4. The number of pyridine rings is 1. The van der Waals surface area contributed by atoms with E-state index in [-0.39, 0.29) is 11.7 Å². The van der Waals surface area contributed by atoms with Crippen molar-refractivity contribution in [2.45, 2.75) is 38.3 Å². The molecule has 212 valence electrons. The summed E-state index contributed by atoms with van der Waals surface area (Å²) in [5.41, 5.74) is 4.88. The van der Waals surface area contributed by atoms with Crippen LogP contribution in [0.1, 0.15) is 36.5 Å². The highest BCUT2D eigenvalue weighted by atomic mass is 19.1. The number of benzene rings is 2. The molecule has 2 aliphatic rings. The molecule has 3 aromatic rings. The maximum Gasteiger partial charge on any atom is 0.258 e. The highest BCUT2D eigenvalue weighted by molar-refractivity contribution is 6.06. The minimum atomic E-state index is -1.39. The van der Waals surface area contributed by atoms with Crippen molar-refractivity contribution < 1.29 is 27.5 Å². The lowest BCUT2D eigenvalue weighted by Crippen LogP contribution is -2.46. The van der Waals surface area contributed by atoms with Gasteiger partial charge in [0.15, 0.2) is 0 Å². The van der Waals surface area contributed by atoms with Crippen LogP contribution in [0.25, 0.3) is 11.1 Å². The number of amides is 1. The standard InChI is InChI=1S/C29H31F4N5O2/c1-16-10-17(34)15-38(14-16)25-4-7-35-13-24(25)36-29(40)20-2-3-21(30)27(28(20)33)26-22(31)11-18(12-23(26)32)37-8-5-19(39)6-9-37/h2-4,7,11-13,16-17,19,39H,5-6,8-10,14-15,34H2,1H3,(H,36,40)/t16-,17+/m1/s1. The zero-order valence-electron chi connectivity index (χ0n) is 22.0. The summed E-state index contributed by atoms with van der Waals surface area (Å²) >= 11 is 0. The number of hydrogen-bond acceptors (Lipinski definition) is 6. The number of nitrogens with two attached hydrogens (primary N) is 1. The predicted molar refractivity (Wildman–Crippen MR) is 145 cm³/mol. The van der Waals surface area contributed by atoms with Crippen LogP contribution in [0.2, 0.25) is 0 Å². The molecule has 4 N–H and O–H groups in total. The van der Waals surface area contributed by atoms with Crippen LogP contribution in [0.5, 0.6) is 0 Å². The number of aliphatic hydroxyl groups is 1. The van der Waals surface area contributed by atoms with Crippen LogP contribution < -0.4 is 20.9 Å². The minimum Gasteiger partial charge on any atom is -0.393 e. The molecule has 2 saturated heterocycles. The van der Waals surface area contributed by atoms with Crippen molar-refractivity contribution in [2.24, 2.45) is 11.7 Å². The maximum atomic E-state index is 15.7. The van der Waals surface area contributed by atoms with E-state index in [1.165, 1.54) is 6.20 Å². The molecule has 2 fully saturated rings. The summed E-state index contributed by atoms with van der Waals surface area (Å²) in [4.78, 5) is 21.0. The first-order valence-corrected chi connectivity index (χ1v) is 13.3. The number of nitrogens with one attached hydrogen (secondary N) is 1. The van der Waals surface area contributed by atoms with Gasteiger partial charge in [0.25, 0.3) is 5.91 Å². The highest BCUT2D eigenvalue weighted by Gasteiger charge is 2.28. The Kier molecular flexibility index (Phi) is 7.95. The fraction of sp³-hybridized carbons (Fsp3) is 0.379. The van der Waals surface area contributed by atoms with Crippen molar-refractivity contribution in [1.82, 2.24) is 4.98 Å². The molecule has 5 rings (SSSR count). The minimum absolute atomic E-state index is 0.0599. The Morgan fingerprint density at radius 2 is 1.70 bits per heavy atom. The molecule has 2 atom stereocenters. The van der Waals surface area contributed by atoms with Gasteiger partial charge in [0.05, 0.1) is 40.4 Å². The molecule has 3 heterocycles. The number of aromatic nitrogens is 1.